The van der Waals surface area contributed by atoms with Crippen molar-refractivity contribution in [1.82, 2.24) is 9.88 Å². The van der Waals surface area contributed by atoms with Crippen LogP contribution < -0.4 is 4.90 Å². The molecule has 2 rings (SSSR count). The van der Waals surface area contributed by atoms with Crippen LogP contribution in [0, 0.1) is 0 Å². The van der Waals surface area contributed by atoms with Crippen LogP contribution in [-0.2, 0) is 4.79 Å². The Kier molecular flexibility index (Phi) is 6.07. The third kappa shape index (κ3) is 4.43. The molecule has 17 heavy (non-hydrogen) atoms. The third-order valence-electron chi connectivity index (χ3n) is 2.44. The van der Waals surface area contributed by atoms with E-state index < -0.39 is 0 Å². The summed E-state index contributed by atoms with van der Waals surface area (Å²) in [6.45, 7) is 7.58. The average Bonchev–Trinajstić information content (AvgIpc) is 2.41. The van der Waals surface area contributed by atoms with Gasteiger partial charge >= 0.3 is 0 Å². The zero-order chi connectivity index (χ0) is 12.5. The topological polar surface area (TPSA) is 36.4 Å². The Labute approximate surface area is 103 Å². The highest BCUT2D eigenvalue weighted by atomic mass is 16.1. The van der Waals surface area contributed by atoms with Crippen LogP contribution in [0.5, 0.6) is 0 Å². The number of pyridine rings is 1. The molecule has 0 aliphatic carbocycles. The summed E-state index contributed by atoms with van der Waals surface area (Å²) in [6.07, 6.45) is 3.96. The first-order valence-corrected chi connectivity index (χ1v) is 6.17. The van der Waals surface area contributed by atoms with Crippen LogP contribution in [0.1, 0.15) is 20.3 Å². The van der Waals surface area contributed by atoms with E-state index in [0.29, 0.717) is 0 Å². The molecular weight excluding hydrogens is 214 g/mol. The number of aromatic nitrogens is 1. The van der Waals surface area contributed by atoms with Crippen molar-refractivity contribution in [2.75, 3.05) is 31.1 Å². The second-order valence-electron chi connectivity index (χ2n) is 4.02. The molecule has 0 radical (unpaired) electrons. The van der Waals surface area contributed by atoms with Crippen LogP contribution in [0.2, 0.25) is 0 Å². The molecular formula is C13H21N3O. The van der Waals surface area contributed by atoms with Gasteiger partial charge in [0.2, 0.25) is 6.41 Å². The molecule has 1 amide bonds. The summed E-state index contributed by atoms with van der Waals surface area (Å²) in [5, 5.41) is 0. The predicted molar refractivity (Wildman–Crippen MR) is 70.1 cm³/mol. The van der Waals surface area contributed by atoms with E-state index in [1.807, 2.05) is 18.2 Å². The molecule has 4 nitrogen and oxygen atoms in total. The predicted octanol–water partition coefficient (Wildman–Crippen LogP) is 1.78. The summed E-state index contributed by atoms with van der Waals surface area (Å²) in [7, 11) is 0. The molecule has 1 aromatic rings. The Bertz CT molecular complexity index is 308. The van der Waals surface area contributed by atoms with E-state index in [2.05, 4.69) is 23.7 Å². The maximum atomic E-state index is 10.5. The van der Waals surface area contributed by atoms with Crippen molar-refractivity contribution in [3.8, 4) is 0 Å². The number of carbonyl (C=O) groups is 1. The van der Waals surface area contributed by atoms with E-state index in [1.165, 1.54) is 6.42 Å². The van der Waals surface area contributed by atoms with Gasteiger partial charge in [-0.05, 0) is 12.1 Å². The van der Waals surface area contributed by atoms with Crippen molar-refractivity contribution in [3.63, 3.8) is 0 Å². The van der Waals surface area contributed by atoms with E-state index in [1.54, 1.807) is 11.1 Å². The molecule has 1 saturated heterocycles. The highest BCUT2D eigenvalue weighted by Crippen LogP contribution is 2.11. The molecule has 0 bridgehead atoms. The number of hydrogen-bond acceptors (Lipinski definition) is 3. The second-order valence-corrected chi connectivity index (χ2v) is 4.02. The fourth-order valence-corrected chi connectivity index (χ4v) is 1.60. The summed E-state index contributed by atoms with van der Waals surface area (Å²) in [4.78, 5) is 18.8. The minimum atomic E-state index is 0.792. The monoisotopic (exact) mass is 235 g/mol. The fraction of sp³-hybridized carbons (Fsp3) is 0.538. The molecule has 0 saturated carbocycles. The average molecular weight is 235 g/mol. The first-order valence-electron chi connectivity index (χ1n) is 6.17. The quantitative estimate of drug-likeness (QED) is 0.733. The van der Waals surface area contributed by atoms with Crippen molar-refractivity contribution in [2.24, 2.45) is 0 Å². The third-order valence-corrected chi connectivity index (χ3v) is 2.44. The first kappa shape index (κ1) is 13.5. The largest absolute Gasteiger partial charge is 0.353 e. The van der Waals surface area contributed by atoms with Crippen LogP contribution in [0.25, 0.3) is 0 Å². The van der Waals surface area contributed by atoms with Crippen molar-refractivity contribution in [1.29, 1.82) is 0 Å². The standard InChI is InChI=1S/C10H13N3O.C3H8/c14-9-12-5-7-13(8-6-12)10-3-1-2-4-11-10;1-3-2/h1-4,9H,5-8H2;3H2,1-2H3. The summed E-state index contributed by atoms with van der Waals surface area (Å²) in [5.41, 5.74) is 0. The molecule has 4 heteroatoms. The highest BCUT2D eigenvalue weighted by Gasteiger charge is 2.15. The number of carbonyl (C=O) groups excluding carboxylic acids is 1. The van der Waals surface area contributed by atoms with Crippen LogP contribution in [-0.4, -0.2) is 42.5 Å². The molecule has 0 spiro atoms. The number of nitrogens with zero attached hydrogens (tertiary/aromatic N) is 3. The highest BCUT2D eigenvalue weighted by molar-refractivity contribution is 5.48. The number of rotatable bonds is 2. The molecule has 1 fully saturated rings. The molecule has 0 atom stereocenters. The van der Waals surface area contributed by atoms with E-state index >= 15 is 0 Å². The maximum Gasteiger partial charge on any atom is 0.209 e. The van der Waals surface area contributed by atoms with Crippen LogP contribution in [0.15, 0.2) is 24.4 Å². The van der Waals surface area contributed by atoms with Crippen molar-refractivity contribution < 1.29 is 4.79 Å². The summed E-state index contributed by atoms with van der Waals surface area (Å²) in [5.74, 6) is 0.998. The van der Waals surface area contributed by atoms with Gasteiger partial charge in [-0.25, -0.2) is 4.98 Å². The zero-order valence-corrected chi connectivity index (χ0v) is 10.7. The Morgan fingerprint density at radius 3 is 2.35 bits per heavy atom. The van der Waals surface area contributed by atoms with Gasteiger partial charge in [-0.2, -0.15) is 0 Å². The van der Waals surface area contributed by atoms with Gasteiger partial charge in [0.1, 0.15) is 5.82 Å². The minimum Gasteiger partial charge on any atom is -0.353 e. The summed E-state index contributed by atoms with van der Waals surface area (Å²) < 4.78 is 0. The molecule has 1 aromatic heterocycles. The molecule has 0 unspecified atom stereocenters. The number of piperazine rings is 1. The van der Waals surface area contributed by atoms with Gasteiger partial charge in [0.05, 0.1) is 0 Å². The van der Waals surface area contributed by atoms with Gasteiger partial charge in [-0.3, -0.25) is 4.79 Å². The number of hydrogen-bond donors (Lipinski definition) is 0. The molecule has 0 aromatic carbocycles. The van der Waals surface area contributed by atoms with Crippen LogP contribution in [0.4, 0.5) is 5.82 Å². The normalized spacial score (nSPS) is 14.9. The van der Waals surface area contributed by atoms with Crippen LogP contribution in [0.3, 0.4) is 0 Å². The van der Waals surface area contributed by atoms with Gasteiger partial charge in [0.25, 0.3) is 0 Å². The van der Waals surface area contributed by atoms with E-state index in [9.17, 15) is 4.79 Å². The summed E-state index contributed by atoms with van der Waals surface area (Å²) in [6, 6.07) is 5.89. The van der Waals surface area contributed by atoms with Crippen molar-refractivity contribution in [2.45, 2.75) is 20.3 Å². The lowest BCUT2D eigenvalue weighted by Crippen LogP contribution is -2.45. The van der Waals surface area contributed by atoms with E-state index in [-0.39, 0.29) is 0 Å². The second kappa shape index (κ2) is 7.65. The minimum absolute atomic E-state index is 0.792. The lowest BCUT2D eigenvalue weighted by molar-refractivity contribution is -0.118. The Morgan fingerprint density at radius 2 is 1.88 bits per heavy atom. The van der Waals surface area contributed by atoms with Gasteiger partial charge < -0.3 is 9.80 Å². The number of amides is 1. The molecule has 0 N–H and O–H groups in total. The SMILES string of the molecule is CCC.O=CN1CCN(c2ccccn2)CC1. The molecule has 2 heterocycles. The Morgan fingerprint density at radius 1 is 1.24 bits per heavy atom. The van der Waals surface area contributed by atoms with Gasteiger partial charge in [-0.1, -0.05) is 26.3 Å². The lowest BCUT2D eigenvalue weighted by Gasteiger charge is -2.33. The van der Waals surface area contributed by atoms with E-state index in [0.717, 1.165) is 38.4 Å². The molecule has 1 aliphatic rings. The first-order chi connectivity index (χ1) is 8.31. The Hall–Kier alpha value is -1.58. The molecule has 94 valence electrons. The Balaban J connectivity index is 0.000000437. The summed E-state index contributed by atoms with van der Waals surface area (Å²) >= 11 is 0. The van der Waals surface area contributed by atoms with Gasteiger partial charge in [0, 0.05) is 32.4 Å². The lowest BCUT2D eigenvalue weighted by atomic mass is 10.3. The van der Waals surface area contributed by atoms with Crippen molar-refractivity contribution in [3.05, 3.63) is 24.4 Å². The van der Waals surface area contributed by atoms with Gasteiger partial charge in [0.15, 0.2) is 0 Å². The fourth-order valence-electron chi connectivity index (χ4n) is 1.60. The number of anilines is 1. The molecule has 1 aliphatic heterocycles. The van der Waals surface area contributed by atoms with Crippen molar-refractivity contribution >= 4 is 12.2 Å². The zero-order valence-electron chi connectivity index (χ0n) is 10.7. The van der Waals surface area contributed by atoms with Crippen LogP contribution >= 0.6 is 0 Å². The smallest absolute Gasteiger partial charge is 0.209 e. The van der Waals surface area contributed by atoms with Gasteiger partial charge in [-0.15, -0.1) is 0 Å². The van der Waals surface area contributed by atoms with E-state index in [4.69, 9.17) is 0 Å². The maximum absolute atomic E-state index is 10.5.